The molecule has 0 aliphatic carbocycles. The first-order valence-corrected chi connectivity index (χ1v) is 10.2. The van der Waals surface area contributed by atoms with Gasteiger partial charge < -0.3 is 19.7 Å². The number of halogens is 1. The van der Waals surface area contributed by atoms with Crippen LogP contribution in [-0.2, 0) is 6.54 Å². The van der Waals surface area contributed by atoms with E-state index >= 15 is 0 Å². The van der Waals surface area contributed by atoms with Gasteiger partial charge in [-0.25, -0.2) is 13.9 Å². The number of aromatic nitrogens is 3. The van der Waals surface area contributed by atoms with Crippen molar-refractivity contribution in [2.75, 3.05) is 18.1 Å². The standard InChI is InChI=1S/C22H24FN5O2/c1-13-6-7-29-20-12-28-21-18(10-25-28)15(3)24-9-14(2)30-19-5-4-17(23)8-16(19)11-27(13)22(20)26-21/h4-5,8,10,12-14,24H,3,6-7,9,11H2,1-2H3/t13-,14-/m0/s1. The fourth-order valence-electron chi connectivity index (χ4n) is 3.93. The monoisotopic (exact) mass is 409 g/mol. The molecule has 2 atom stereocenters. The van der Waals surface area contributed by atoms with Crippen LogP contribution < -0.4 is 19.7 Å². The molecule has 4 heterocycles. The van der Waals surface area contributed by atoms with Crippen molar-refractivity contribution in [3.8, 4) is 11.5 Å². The van der Waals surface area contributed by atoms with Gasteiger partial charge in [-0.1, -0.05) is 6.58 Å². The molecule has 1 aromatic carbocycles. The van der Waals surface area contributed by atoms with E-state index in [9.17, 15) is 4.39 Å². The lowest BCUT2D eigenvalue weighted by Gasteiger charge is -2.29. The van der Waals surface area contributed by atoms with Crippen LogP contribution in [0.15, 0.2) is 37.2 Å². The van der Waals surface area contributed by atoms with Crippen molar-refractivity contribution in [1.29, 1.82) is 0 Å². The van der Waals surface area contributed by atoms with Gasteiger partial charge in [0.2, 0.25) is 0 Å². The summed E-state index contributed by atoms with van der Waals surface area (Å²) in [5.74, 6) is 1.74. The van der Waals surface area contributed by atoms with Crippen molar-refractivity contribution in [3.05, 3.63) is 54.1 Å². The molecule has 2 aliphatic heterocycles. The SMILES string of the molecule is C=C1NC[C@H](C)Oc2ccc(F)cc2CN2c3nc4c1cnn4cc3OCC[C@@H]2C. The van der Waals surface area contributed by atoms with Crippen LogP contribution in [0.4, 0.5) is 10.2 Å². The molecule has 0 saturated heterocycles. The highest BCUT2D eigenvalue weighted by Gasteiger charge is 2.27. The quantitative estimate of drug-likeness (QED) is 0.614. The normalized spacial score (nSPS) is 21.4. The van der Waals surface area contributed by atoms with E-state index in [2.05, 4.69) is 28.8 Å². The van der Waals surface area contributed by atoms with Gasteiger partial charge in [0.25, 0.3) is 0 Å². The molecule has 0 fully saturated rings. The van der Waals surface area contributed by atoms with Gasteiger partial charge in [0.15, 0.2) is 17.2 Å². The van der Waals surface area contributed by atoms with Crippen LogP contribution in [0.2, 0.25) is 0 Å². The first-order valence-electron chi connectivity index (χ1n) is 10.2. The third kappa shape index (κ3) is 3.22. The number of rotatable bonds is 0. The summed E-state index contributed by atoms with van der Waals surface area (Å²) in [6.45, 7) is 9.83. The Hall–Kier alpha value is -3.29. The molecule has 0 radical (unpaired) electrons. The Balaban J connectivity index is 1.71. The Kier molecular flexibility index (Phi) is 4.49. The van der Waals surface area contributed by atoms with E-state index in [1.54, 1.807) is 16.8 Å². The predicted molar refractivity (Wildman–Crippen MR) is 112 cm³/mol. The molecule has 0 saturated carbocycles. The second-order valence-electron chi connectivity index (χ2n) is 7.91. The van der Waals surface area contributed by atoms with Crippen LogP contribution >= 0.6 is 0 Å². The van der Waals surface area contributed by atoms with Gasteiger partial charge in [0.05, 0.1) is 31.1 Å². The van der Waals surface area contributed by atoms with Gasteiger partial charge in [-0.05, 0) is 32.0 Å². The Morgan fingerprint density at radius 2 is 2.13 bits per heavy atom. The number of anilines is 1. The van der Waals surface area contributed by atoms with Gasteiger partial charge in [0, 0.05) is 30.3 Å². The second kappa shape index (κ2) is 7.19. The first kappa shape index (κ1) is 18.7. The van der Waals surface area contributed by atoms with E-state index < -0.39 is 0 Å². The van der Waals surface area contributed by atoms with Crippen LogP contribution in [-0.4, -0.2) is 39.9 Å². The lowest BCUT2D eigenvalue weighted by atomic mass is 10.1. The topological polar surface area (TPSA) is 63.9 Å². The Morgan fingerprint density at radius 1 is 1.27 bits per heavy atom. The molecule has 0 amide bonds. The Labute approximate surface area is 174 Å². The van der Waals surface area contributed by atoms with E-state index in [0.29, 0.717) is 42.7 Å². The van der Waals surface area contributed by atoms with Crippen molar-refractivity contribution < 1.29 is 13.9 Å². The molecule has 8 heteroatoms. The number of hydrogen-bond donors (Lipinski definition) is 1. The molecule has 0 unspecified atom stereocenters. The molecular weight excluding hydrogens is 385 g/mol. The molecule has 3 aromatic rings. The molecule has 2 aliphatic rings. The van der Waals surface area contributed by atoms with Gasteiger partial charge >= 0.3 is 0 Å². The van der Waals surface area contributed by atoms with Gasteiger partial charge in [0.1, 0.15) is 17.7 Å². The molecular formula is C22H24FN5O2. The lowest BCUT2D eigenvalue weighted by Crippen LogP contribution is -2.33. The summed E-state index contributed by atoms with van der Waals surface area (Å²) in [6, 6.07) is 4.81. The second-order valence-corrected chi connectivity index (χ2v) is 7.91. The minimum Gasteiger partial charge on any atom is -0.489 e. The summed E-state index contributed by atoms with van der Waals surface area (Å²) in [7, 11) is 0. The summed E-state index contributed by atoms with van der Waals surface area (Å²) in [6.07, 6.45) is 4.28. The maximum Gasteiger partial charge on any atom is 0.180 e. The maximum atomic E-state index is 14.1. The number of hydrogen-bond acceptors (Lipinski definition) is 6. The highest BCUT2D eigenvalue weighted by atomic mass is 19.1. The van der Waals surface area contributed by atoms with Crippen molar-refractivity contribution in [3.63, 3.8) is 0 Å². The van der Waals surface area contributed by atoms with Crippen LogP contribution in [0.5, 0.6) is 11.5 Å². The Morgan fingerprint density at radius 3 is 3.00 bits per heavy atom. The van der Waals surface area contributed by atoms with Gasteiger partial charge in [-0.2, -0.15) is 5.10 Å². The zero-order chi connectivity index (χ0) is 20.8. The molecule has 7 nitrogen and oxygen atoms in total. The van der Waals surface area contributed by atoms with Gasteiger partial charge in [-0.3, -0.25) is 0 Å². The average molecular weight is 409 g/mol. The molecule has 1 N–H and O–H groups in total. The highest BCUT2D eigenvalue weighted by Crippen LogP contribution is 2.35. The maximum absolute atomic E-state index is 14.1. The molecule has 5 rings (SSSR count). The van der Waals surface area contributed by atoms with Crippen molar-refractivity contribution in [2.45, 2.75) is 39.0 Å². The van der Waals surface area contributed by atoms with Gasteiger partial charge in [-0.15, -0.1) is 0 Å². The highest BCUT2D eigenvalue weighted by molar-refractivity contribution is 5.75. The van der Waals surface area contributed by atoms with Crippen LogP contribution in [0.3, 0.4) is 0 Å². The van der Waals surface area contributed by atoms with Crippen molar-refractivity contribution >= 4 is 17.2 Å². The summed E-state index contributed by atoms with van der Waals surface area (Å²) < 4.78 is 28.0. The van der Waals surface area contributed by atoms with Crippen LogP contribution in [0.1, 0.15) is 31.4 Å². The fourth-order valence-corrected chi connectivity index (χ4v) is 3.93. The molecule has 156 valence electrons. The number of fused-ring (bicyclic) bond motifs is 1. The number of ether oxygens (including phenoxy) is 2. The van der Waals surface area contributed by atoms with Crippen LogP contribution in [0.25, 0.3) is 11.3 Å². The zero-order valence-electron chi connectivity index (χ0n) is 17.1. The third-order valence-electron chi connectivity index (χ3n) is 5.66. The molecule has 30 heavy (non-hydrogen) atoms. The van der Waals surface area contributed by atoms with E-state index in [1.165, 1.54) is 12.1 Å². The summed E-state index contributed by atoms with van der Waals surface area (Å²) in [5, 5.41) is 7.74. The van der Waals surface area contributed by atoms with Crippen molar-refractivity contribution in [1.82, 2.24) is 19.9 Å². The number of benzene rings is 1. The summed E-state index contributed by atoms with van der Waals surface area (Å²) in [4.78, 5) is 7.08. The minimum absolute atomic E-state index is 0.144. The van der Waals surface area contributed by atoms with E-state index in [-0.39, 0.29) is 18.0 Å². The third-order valence-corrected chi connectivity index (χ3v) is 5.66. The molecule has 2 aromatic heterocycles. The summed E-state index contributed by atoms with van der Waals surface area (Å²) >= 11 is 0. The molecule has 0 spiro atoms. The Bertz CT molecular complexity index is 1130. The fraction of sp³-hybridized carbons (Fsp3) is 0.364. The van der Waals surface area contributed by atoms with Crippen molar-refractivity contribution in [2.24, 2.45) is 0 Å². The van der Waals surface area contributed by atoms with E-state index in [4.69, 9.17) is 14.5 Å². The average Bonchev–Trinajstić information content (AvgIpc) is 3.07. The predicted octanol–water partition coefficient (Wildman–Crippen LogP) is 3.39. The van der Waals surface area contributed by atoms with E-state index in [1.807, 2.05) is 13.1 Å². The summed E-state index contributed by atoms with van der Waals surface area (Å²) in [5.41, 5.74) is 3.02. The van der Waals surface area contributed by atoms with Crippen LogP contribution in [0, 0.1) is 5.82 Å². The zero-order valence-corrected chi connectivity index (χ0v) is 17.1. The first-order chi connectivity index (χ1) is 14.5. The molecule has 2 bridgehead atoms. The minimum atomic E-state index is -0.291. The van der Waals surface area contributed by atoms with E-state index in [0.717, 1.165) is 23.2 Å². The number of nitrogens with one attached hydrogen (secondary N) is 1. The number of nitrogens with zero attached hydrogens (tertiary/aromatic N) is 4. The largest absolute Gasteiger partial charge is 0.489 e. The smallest absolute Gasteiger partial charge is 0.180 e. The lowest BCUT2D eigenvalue weighted by molar-refractivity contribution is 0.221.